The Morgan fingerprint density at radius 1 is 1.03 bits per heavy atom. The van der Waals surface area contributed by atoms with E-state index in [1.165, 1.54) is 44.9 Å². The molecule has 0 radical (unpaired) electrons. The first kappa shape index (κ1) is 21.5. The Hall–Kier alpha value is -0.300. The lowest BCUT2D eigenvalue weighted by Gasteiger charge is -2.58. The summed E-state index contributed by atoms with van der Waals surface area (Å²) in [5, 5.41) is 10.3. The number of rotatable bonds is 4. The lowest BCUT2D eigenvalue weighted by atomic mass is 9.47. The van der Waals surface area contributed by atoms with Gasteiger partial charge in [0.05, 0.1) is 6.10 Å². The van der Waals surface area contributed by atoms with Crippen LogP contribution in [0.25, 0.3) is 0 Å². The predicted molar refractivity (Wildman–Crippen MR) is 126 cm³/mol. The largest absolute Gasteiger partial charge is 0.393 e. The molecule has 1 N–H and O–H groups in total. The molecule has 0 bridgehead atoms. The van der Waals surface area contributed by atoms with Gasteiger partial charge in [0, 0.05) is 0 Å². The van der Waals surface area contributed by atoms with E-state index in [9.17, 15) is 5.11 Å². The number of fused-ring (bicyclic) bond motifs is 5. The molecule has 0 aromatic rings. The van der Waals surface area contributed by atoms with Crippen molar-refractivity contribution >= 4 is 0 Å². The highest BCUT2D eigenvalue weighted by atomic mass is 16.3. The summed E-state index contributed by atoms with van der Waals surface area (Å²) in [7, 11) is 0. The van der Waals surface area contributed by atoms with Crippen molar-refractivity contribution in [1.29, 1.82) is 0 Å². The van der Waals surface area contributed by atoms with E-state index in [1.54, 1.807) is 5.57 Å². The molecule has 170 valence electrons. The minimum Gasteiger partial charge on any atom is -0.393 e. The van der Waals surface area contributed by atoms with Crippen LogP contribution in [0, 0.1) is 64.1 Å². The minimum absolute atomic E-state index is 0.0778. The van der Waals surface area contributed by atoms with Crippen LogP contribution in [-0.2, 0) is 0 Å². The fourth-order valence-corrected chi connectivity index (χ4v) is 10.3. The van der Waals surface area contributed by atoms with E-state index in [0.717, 1.165) is 66.1 Å². The quantitative estimate of drug-likeness (QED) is 0.474. The number of aliphatic hydroxyl groups is 1. The van der Waals surface area contributed by atoms with Gasteiger partial charge in [-0.25, -0.2) is 0 Å². The lowest BCUT2D eigenvalue weighted by Crippen LogP contribution is -2.50. The monoisotopic (exact) mass is 412 g/mol. The molecule has 1 heteroatoms. The van der Waals surface area contributed by atoms with Gasteiger partial charge in [-0.3, -0.25) is 0 Å². The fraction of sp³-hybridized carbons (Fsp3) is 0.931. The Balaban J connectivity index is 1.32. The van der Waals surface area contributed by atoms with E-state index < -0.39 is 0 Å². The van der Waals surface area contributed by atoms with Gasteiger partial charge in [-0.2, -0.15) is 0 Å². The predicted octanol–water partition coefficient (Wildman–Crippen LogP) is 7.49. The van der Waals surface area contributed by atoms with Gasteiger partial charge in [-0.1, -0.05) is 53.2 Å². The number of allylic oxidation sites excluding steroid dienone is 1. The van der Waals surface area contributed by atoms with Gasteiger partial charge in [-0.15, -0.1) is 0 Å². The van der Waals surface area contributed by atoms with Gasteiger partial charge >= 0.3 is 0 Å². The first-order valence-electron chi connectivity index (χ1n) is 13.5. The molecule has 0 heterocycles. The summed E-state index contributed by atoms with van der Waals surface area (Å²) >= 11 is 0. The molecule has 0 amide bonds. The summed E-state index contributed by atoms with van der Waals surface area (Å²) in [6.07, 6.45) is 14.4. The molecule has 5 aliphatic rings. The van der Waals surface area contributed by atoms with Crippen molar-refractivity contribution in [3.63, 3.8) is 0 Å². The Morgan fingerprint density at radius 3 is 2.50 bits per heavy atom. The van der Waals surface area contributed by atoms with Crippen molar-refractivity contribution in [2.45, 2.75) is 105 Å². The SMILES string of the molecule is CC(C)[C@@H]1C(C[C@@H](C)C2CCC3C4CC=C5CC(O)CCC5(C)C4CCC32C)[C@H]1C. The van der Waals surface area contributed by atoms with Crippen LogP contribution < -0.4 is 0 Å². The van der Waals surface area contributed by atoms with Crippen LogP contribution in [0.5, 0.6) is 0 Å². The van der Waals surface area contributed by atoms with E-state index in [4.69, 9.17) is 0 Å². The molecule has 11 atom stereocenters. The second kappa shape index (κ2) is 7.36. The number of hydrogen-bond donors (Lipinski definition) is 1. The summed E-state index contributed by atoms with van der Waals surface area (Å²) in [6.45, 7) is 15.3. The summed E-state index contributed by atoms with van der Waals surface area (Å²) in [4.78, 5) is 0. The van der Waals surface area contributed by atoms with Gasteiger partial charge in [0.1, 0.15) is 0 Å². The van der Waals surface area contributed by atoms with Crippen molar-refractivity contribution in [2.75, 3.05) is 0 Å². The lowest BCUT2D eigenvalue weighted by molar-refractivity contribution is -0.0576. The van der Waals surface area contributed by atoms with Crippen LogP contribution >= 0.6 is 0 Å². The second-order valence-corrected chi connectivity index (χ2v) is 13.4. The standard InChI is InChI=1S/C29H48O/c1-17(2)27-19(4)23(27)15-18(3)24-9-10-25-22-8-7-20-16-21(30)11-13-28(20,5)26(22)12-14-29(24,25)6/h7,17-19,21-27,30H,8-16H2,1-6H3/t18-,19-,21?,22?,23?,24?,25?,26?,27+,28?,29?/m1/s1. The van der Waals surface area contributed by atoms with Crippen LogP contribution in [0.4, 0.5) is 0 Å². The van der Waals surface area contributed by atoms with Gasteiger partial charge in [0.15, 0.2) is 0 Å². The maximum Gasteiger partial charge on any atom is 0.0577 e. The van der Waals surface area contributed by atoms with Crippen molar-refractivity contribution in [1.82, 2.24) is 0 Å². The summed E-state index contributed by atoms with van der Waals surface area (Å²) in [6, 6.07) is 0. The smallest absolute Gasteiger partial charge is 0.0577 e. The molecular weight excluding hydrogens is 364 g/mol. The van der Waals surface area contributed by atoms with Crippen LogP contribution in [0.15, 0.2) is 11.6 Å². The van der Waals surface area contributed by atoms with Crippen LogP contribution in [0.3, 0.4) is 0 Å². The van der Waals surface area contributed by atoms with Gasteiger partial charge in [-0.05, 0) is 122 Å². The second-order valence-electron chi connectivity index (χ2n) is 13.4. The van der Waals surface area contributed by atoms with Crippen LogP contribution in [-0.4, -0.2) is 11.2 Å². The molecule has 4 saturated carbocycles. The Labute approximate surface area is 186 Å². The Morgan fingerprint density at radius 2 is 1.80 bits per heavy atom. The van der Waals surface area contributed by atoms with E-state index in [1.807, 2.05) is 0 Å². The molecule has 0 aromatic carbocycles. The van der Waals surface area contributed by atoms with Crippen LogP contribution in [0.1, 0.15) is 99.3 Å². The normalized spacial score (nSPS) is 53.5. The maximum atomic E-state index is 10.3. The van der Waals surface area contributed by atoms with E-state index in [0.29, 0.717) is 10.8 Å². The fourth-order valence-electron chi connectivity index (χ4n) is 10.3. The van der Waals surface area contributed by atoms with Gasteiger partial charge in [0.25, 0.3) is 0 Å². The molecule has 0 spiro atoms. The Bertz CT molecular complexity index is 692. The zero-order chi connectivity index (χ0) is 21.4. The van der Waals surface area contributed by atoms with Gasteiger partial charge in [0.2, 0.25) is 0 Å². The highest BCUT2D eigenvalue weighted by Gasteiger charge is 2.60. The van der Waals surface area contributed by atoms with Gasteiger partial charge < -0.3 is 5.11 Å². The maximum absolute atomic E-state index is 10.3. The van der Waals surface area contributed by atoms with Crippen molar-refractivity contribution in [3.05, 3.63) is 11.6 Å². The molecule has 5 aliphatic carbocycles. The third kappa shape index (κ3) is 3.11. The van der Waals surface area contributed by atoms with E-state index in [2.05, 4.69) is 47.6 Å². The molecule has 0 saturated heterocycles. The summed E-state index contributed by atoms with van der Waals surface area (Å²) in [5.74, 6) is 8.44. The molecule has 4 fully saturated rings. The van der Waals surface area contributed by atoms with E-state index in [-0.39, 0.29) is 6.10 Å². The molecule has 1 nitrogen and oxygen atoms in total. The molecule has 0 aromatic heterocycles. The van der Waals surface area contributed by atoms with Crippen molar-refractivity contribution in [3.8, 4) is 0 Å². The first-order chi connectivity index (χ1) is 14.2. The topological polar surface area (TPSA) is 20.2 Å². The average Bonchev–Trinajstić information content (AvgIpc) is 3.17. The third-order valence-corrected chi connectivity index (χ3v) is 11.9. The number of aliphatic hydroxyl groups excluding tert-OH is 1. The van der Waals surface area contributed by atoms with Crippen molar-refractivity contribution in [2.24, 2.45) is 64.1 Å². The zero-order valence-corrected chi connectivity index (χ0v) is 20.7. The Kier molecular flexibility index (Phi) is 5.28. The summed E-state index contributed by atoms with van der Waals surface area (Å²) < 4.78 is 0. The molecular formula is C29H48O. The van der Waals surface area contributed by atoms with E-state index >= 15 is 0 Å². The third-order valence-electron chi connectivity index (χ3n) is 11.9. The molecule has 30 heavy (non-hydrogen) atoms. The molecule has 0 aliphatic heterocycles. The zero-order valence-electron chi connectivity index (χ0n) is 20.7. The highest BCUT2D eigenvalue weighted by Crippen LogP contribution is 2.68. The van der Waals surface area contributed by atoms with Crippen molar-refractivity contribution < 1.29 is 5.11 Å². The highest BCUT2D eigenvalue weighted by molar-refractivity contribution is 5.25. The minimum atomic E-state index is -0.0778. The van der Waals surface area contributed by atoms with Crippen LogP contribution in [0.2, 0.25) is 0 Å². The summed E-state index contributed by atoms with van der Waals surface area (Å²) in [5.41, 5.74) is 2.60. The number of hydrogen-bond acceptors (Lipinski definition) is 1. The molecule has 8 unspecified atom stereocenters. The molecule has 5 rings (SSSR count). The average molecular weight is 413 g/mol. The first-order valence-corrected chi connectivity index (χ1v) is 13.5.